The molecule has 0 unspecified atom stereocenters. The highest BCUT2D eigenvalue weighted by atomic mass is 19.1. The molecule has 0 bridgehead atoms. The Morgan fingerprint density at radius 1 is 1.10 bits per heavy atom. The van der Waals surface area contributed by atoms with E-state index in [1.54, 1.807) is 18.2 Å². The number of hydrogen-bond acceptors (Lipinski definition) is 3. The van der Waals surface area contributed by atoms with Crippen molar-refractivity contribution in [1.82, 2.24) is 9.55 Å². The zero-order chi connectivity index (χ0) is 22.0. The Kier molecular flexibility index (Phi) is 5.66. The number of halogens is 2. The van der Waals surface area contributed by atoms with Gasteiger partial charge < -0.3 is 15.0 Å². The number of hydrogen-bond donors (Lipinski definition) is 2. The van der Waals surface area contributed by atoms with E-state index in [1.165, 1.54) is 6.07 Å². The first kappa shape index (κ1) is 20.5. The average Bonchev–Trinajstić information content (AvgIpc) is 3.13. The number of benzene rings is 2. The lowest BCUT2D eigenvalue weighted by Gasteiger charge is -2.11. The second-order valence-electron chi connectivity index (χ2n) is 7.33. The third-order valence-corrected chi connectivity index (χ3v) is 5.07. The number of carboxylic acid groups (broad SMARTS) is 1. The Bertz CT molecular complexity index is 1270. The first-order valence-corrected chi connectivity index (χ1v) is 9.97. The second-order valence-corrected chi connectivity index (χ2v) is 7.33. The minimum Gasteiger partial charge on any atom is -0.478 e. The molecule has 0 saturated heterocycles. The van der Waals surface area contributed by atoms with Crippen LogP contribution in [0.2, 0.25) is 0 Å². The summed E-state index contributed by atoms with van der Waals surface area (Å²) in [5.41, 5.74) is 2.72. The van der Waals surface area contributed by atoms with Gasteiger partial charge in [-0.15, -0.1) is 0 Å². The molecule has 2 heterocycles. The molecule has 5 nitrogen and oxygen atoms in total. The van der Waals surface area contributed by atoms with Gasteiger partial charge >= 0.3 is 5.97 Å². The predicted octanol–water partition coefficient (Wildman–Crippen LogP) is 5.76. The number of carboxylic acids is 1. The van der Waals surface area contributed by atoms with Crippen LogP contribution in [0.5, 0.6) is 0 Å². The van der Waals surface area contributed by atoms with Crippen LogP contribution in [0.1, 0.15) is 35.0 Å². The lowest BCUT2D eigenvalue weighted by Crippen LogP contribution is -2.06. The molecule has 0 radical (unpaired) electrons. The number of nitrogens with zero attached hydrogens (tertiary/aromatic N) is 2. The molecule has 0 atom stereocenters. The highest BCUT2D eigenvalue weighted by Gasteiger charge is 2.14. The Hall–Kier alpha value is -3.74. The minimum absolute atomic E-state index is 0.0964. The van der Waals surface area contributed by atoms with Gasteiger partial charge in [0.15, 0.2) is 0 Å². The summed E-state index contributed by atoms with van der Waals surface area (Å²) in [7, 11) is 0. The van der Waals surface area contributed by atoms with Gasteiger partial charge in [-0.2, -0.15) is 0 Å². The van der Waals surface area contributed by atoms with Gasteiger partial charge in [0.05, 0.1) is 6.54 Å². The molecule has 4 aromatic rings. The van der Waals surface area contributed by atoms with E-state index in [9.17, 15) is 18.7 Å². The summed E-state index contributed by atoms with van der Waals surface area (Å²) < 4.78 is 29.3. The number of aryl methyl sites for hydroxylation is 1. The molecule has 0 aliphatic rings. The van der Waals surface area contributed by atoms with Gasteiger partial charge in [-0.05, 0) is 61.0 Å². The molecule has 0 aliphatic heterocycles. The third-order valence-electron chi connectivity index (χ3n) is 5.07. The molecule has 2 aromatic carbocycles. The molecule has 7 heteroatoms. The van der Waals surface area contributed by atoms with Gasteiger partial charge in [0.1, 0.15) is 23.0 Å². The van der Waals surface area contributed by atoms with Crippen molar-refractivity contribution in [3.8, 4) is 0 Å². The summed E-state index contributed by atoms with van der Waals surface area (Å²) >= 11 is 0. The number of pyridine rings is 1. The van der Waals surface area contributed by atoms with Gasteiger partial charge in [0.25, 0.3) is 0 Å². The smallest absolute Gasteiger partial charge is 0.339 e. The maximum Gasteiger partial charge on any atom is 0.339 e. The fourth-order valence-corrected chi connectivity index (χ4v) is 3.56. The van der Waals surface area contributed by atoms with Gasteiger partial charge in [-0.1, -0.05) is 13.3 Å². The lowest BCUT2D eigenvalue weighted by molar-refractivity contribution is 0.0697. The molecule has 158 valence electrons. The van der Waals surface area contributed by atoms with Gasteiger partial charge in [-0.25, -0.2) is 18.6 Å². The second kappa shape index (κ2) is 8.55. The van der Waals surface area contributed by atoms with Crippen molar-refractivity contribution in [2.24, 2.45) is 0 Å². The molecule has 0 aliphatic carbocycles. The fraction of sp³-hybridized carbons (Fsp3) is 0.167. The highest BCUT2D eigenvalue weighted by molar-refractivity contribution is 5.94. The Morgan fingerprint density at radius 3 is 2.71 bits per heavy atom. The Labute approximate surface area is 178 Å². The fourth-order valence-electron chi connectivity index (χ4n) is 3.56. The van der Waals surface area contributed by atoms with Crippen LogP contribution in [-0.2, 0) is 13.0 Å². The summed E-state index contributed by atoms with van der Waals surface area (Å²) in [6, 6.07) is 14.1. The van der Waals surface area contributed by atoms with Crippen molar-refractivity contribution in [1.29, 1.82) is 0 Å². The van der Waals surface area contributed by atoms with E-state index in [4.69, 9.17) is 0 Å². The maximum atomic E-state index is 14.0. The topological polar surface area (TPSA) is 67.2 Å². The molecule has 2 N–H and O–H groups in total. The van der Waals surface area contributed by atoms with Crippen molar-refractivity contribution >= 4 is 28.4 Å². The molecule has 2 aromatic heterocycles. The summed E-state index contributed by atoms with van der Waals surface area (Å²) in [5, 5.41) is 13.5. The zero-order valence-corrected chi connectivity index (χ0v) is 16.9. The number of anilines is 2. The third kappa shape index (κ3) is 4.40. The normalized spacial score (nSPS) is 11.1. The van der Waals surface area contributed by atoms with Crippen molar-refractivity contribution in [2.75, 3.05) is 5.32 Å². The van der Waals surface area contributed by atoms with Crippen molar-refractivity contribution in [2.45, 2.75) is 26.3 Å². The molecular formula is C24H21F2N3O2. The average molecular weight is 421 g/mol. The first-order chi connectivity index (χ1) is 14.9. The number of aromatic carboxylic acids is 1. The SMILES string of the molecule is CCCc1ccc(C(=O)O)c(Nc2ccc3c(ccn3Cc3cc(F)ccc3F)c2)n1. The van der Waals surface area contributed by atoms with E-state index in [2.05, 4.69) is 10.3 Å². The lowest BCUT2D eigenvalue weighted by atomic mass is 10.1. The standard InChI is InChI=1S/C24H21F2N3O2/c1-2-3-18-5-7-20(24(30)31)23(27-18)28-19-6-9-22-15(13-19)10-11-29(22)14-16-12-17(25)4-8-21(16)26/h4-13H,2-3,14H2,1H3,(H,27,28)(H,30,31). The summed E-state index contributed by atoms with van der Waals surface area (Å²) in [5.74, 6) is -1.70. The van der Waals surface area contributed by atoms with Crippen LogP contribution in [0, 0.1) is 11.6 Å². The Balaban J connectivity index is 1.63. The Morgan fingerprint density at radius 2 is 1.94 bits per heavy atom. The maximum absolute atomic E-state index is 14.0. The van der Waals surface area contributed by atoms with Crippen LogP contribution in [0.25, 0.3) is 10.9 Å². The predicted molar refractivity (Wildman–Crippen MR) is 116 cm³/mol. The molecule has 0 amide bonds. The van der Waals surface area contributed by atoms with Crippen molar-refractivity contribution in [3.63, 3.8) is 0 Å². The van der Waals surface area contributed by atoms with E-state index < -0.39 is 17.6 Å². The van der Waals surface area contributed by atoms with Gasteiger partial charge in [0.2, 0.25) is 0 Å². The molecule has 31 heavy (non-hydrogen) atoms. The highest BCUT2D eigenvalue weighted by Crippen LogP contribution is 2.26. The monoisotopic (exact) mass is 421 g/mol. The van der Waals surface area contributed by atoms with Crippen LogP contribution >= 0.6 is 0 Å². The van der Waals surface area contributed by atoms with E-state index in [-0.39, 0.29) is 17.7 Å². The number of rotatable bonds is 7. The van der Waals surface area contributed by atoms with Crippen molar-refractivity contribution < 1.29 is 18.7 Å². The van der Waals surface area contributed by atoms with E-state index >= 15 is 0 Å². The van der Waals surface area contributed by atoms with E-state index in [0.29, 0.717) is 11.5 Å². The van der Waals surface area contributed by atoms with Crippen LogP contribution < -0.4 is 5.32 Å². The molecule has 0 fully saturated rings. The number of aromatic nitrogens is 2. The van der Waals surface area contributed by atoms with Gasteiger partial charge in [-0.3, -0.25) is 0 Å². The largest absolute Gasteiger partial charge is 0.478 e. The summed E-state index contributed by atoms with van der Waals surface area (Å²) in [6.07, 6.45) is 3.47. The number of carbonyl (C=O) groups is 1. The van der Waals surface area contributed by atoms with Crippen molar-refractivity contribution in [3.05, 3.63) is 89.2 Å². The van der Waals surface area contributed by atoms with Crippen LogP contribution in [0.15, 0.2) is 60.8 Å². The van der Waals surface area contributed by atoms with Crippen LogP contribution in [-0.4, -0.2) is 20.6 Å². The number of nitrogens with one attached hydrogen (secondary N) is 1. The summed E-state index contributed by atoms with van der Waals surface area (Å²) in [6.45, 7) is 2.23. The van der Waals surface area contributed by atoms with E-state index in [1.807, 2.05) is 35.9 Å². The minimum atomic E-state index is -1.05. The van der Waals surface area contributed by atoms with E-state index in [0.717, 1.165) is 41.6 Å². The zero-order valence-electron chi connectivity index (χ0n) is 16.9. The van der Waals surface area contributed by atoms with Crippen LogP contribution in [0.3, 0.4) is 0 Å². The van der Waals surface area contributed by atoms with Gasteiger partial charge in [0, 0.05) is 34.0 Å². The quantitative estimate of drug-likeness (QED) is 0.398. The molecule has 4 rings (SSSR count). The molecule has 0 saturated carbocycles. The first-order valence-electron chi connectivity index (χ1n) is 9.97. The van der Waals surface area contributed by atoms with Crippen LogP contribution in [0.4, 0.5) is 20.3 Å². The number of fused-ring (bicyclic) bond motifs is 1. The molecule has 0 spiro atoms. The summed E-state index contributed by atoms with van der Waals surface area (Å²) in [4.78, 5) is 16.0. The molecular weight excluding hydrogens is 400 g/mol.